The second-order valence-corrected chi connectivity index (χ2v) is 4.40. The Labute approximate surface area is 96.6 Å². The molecule has 0 amide bonds. The van der Waals surface area contributed by atoms with Crippen LogP contribution in [0.1, 0.15) is 17.9 Å². The molecule has 1 aliphatic rings. The molecule has 0 saturated carbocycles. The van der Waals surface area contributed by atoms with E-state index in [1.165, 1.54) is 10.6 Å². The molecule has 90 valence electrons. The van der Waals surface area contributed by atoms with Crippen molar-refractivity contribution in [2.75, 3.05) is 13.2 Å². The summed E-state index contributed by atoms with van der Waals surface area (Å²) in [6.45, 7) is 2.77. The van der Waals surface area contributed by atoms with E-state index in [2.05, 4.69) is 15.1 Å². The summed E-state index contributed by atoms with van der Waals surface area (Å²) in [5.41, 5.74) is 5.98. The summed E-state index contributed by atoms with van der Waals surface area (Å²) in [6, 6.07) is 1.45. The minimum atomic E-state index is -0.645. The molecule has 7 heteroatoms. The summed E-state index contributed by atoms with van der Waals surface area (Å²) in [4.78, 5) is 20.2. The number of hydrogen-bond acceptors (Lipinski definition) is 5. The molecule has 1 fully saturated rings. The summed E-state index contributed by atoms with van der Waals surface area (Å²) in [5, 5.41) is 2.90. The van der Waals surface area contributed by atoms with Crippen LogP contribution < -0.4 is 11.3 Å². The predicted molar refractivity (Wildman–Crippen MR) is 59.6 cm³/mol. The Kier molecular flexibility index (Phi) is 2.07. The smallest absolute Gasteiger partial charge is 0.274 e. The van der Waals surface area contributed by atoms with E-state index in [9.17, 15) is 4.79 Å². The first kappa shape index (κ1) is 10.4. The SMILES string of the molecule is Cc1cc(=O)n2[nH]c(C3(N)CCOC3)nc2n1. The second-order valence-electron chi connectivity index (χ2n) is 4.40. The Hall–Kier alpha value is -1.73. The molecule has 1 atom stereocenters. The van der Waals surface area contributed by atoms with Gasteiger partial charge in [-0.1, -0.05) is 0 Å². The summed E-state index contributed by atoms with van der Waals surface area (Å²) < 4.78 is 6.57. The fourth-order valence-electron chi connectivity index (χ4n) is 1.98. The highest BCUT2D eigenvalue weighted by Crippen LogP contribution is 2.24. The molecular weight excluding hydrogens is 222 g/mol. The predicted octanol–water partition coefficient (Wildman–Crippen LogP) is -0.700. The number of aromatic nitrogens is 4. The standard InChI is InChI=1S/C10H13N5O2/c1-6-4-7(16)15-9(12-6)13-8(14-15)10(11)2-3-17-5-10/h4H,2-3,5,11H2,1H3,(H,12,13,14). The molecule has 0 radical (unpaired) electrons. The van der Waals surface area contributed by atoms with E-state index in [0.29, 0.717) is 36.9 Å². The van der Waals surface area contributed by atoms with Crippen molar-refractivity contribution in [2.45, 2.75) is 18.9 Å². The monoisotopic (exact) mass is 235 g/mol. The minimum absolute atomic E-state index is 0.186. The number of nitrogens with zero attached hydrogens (tertiary/aromatic N) is 3. The Bertz CT molecular complexity index is 623. The summed E-state index contributed by atoms with van der Waals surface area (Å²) >= 11 is 0. The van der Waals surface area contributed by atoms with Gasteiger partial charge in [0.1, 0.15) is 11.4 Å². The number of hydrogen-bond donors (Lipinski definition) is 2. The molecule has 3 heterocycles. The molecule has 1 saturated heterocycles. The van der Waals surface area contributed by atoms with Gasteiger partial charge in [0.15, 0.2) is 0 Å². The Balaban J connectivity index is 2.20. The van der Waals surface area contributed by atoms with E-state index < -0.39 is 5.54 Å². The highest BCUT2D eigenvalue weighted by atomic mass is 16.5. The molecule has 0 bridgehead atoms. The molecule has 0 aromatic carbocycles. The first-order valence-electron chi connectivity index (χ1n) is 5.42. The fraction of sp³-hybridized carbons (Fsp3) is 0.500. The largest absolute Gasteiger partial charge is 0.379 e. The number of rotatable bonds is 1. The third-order valence-corrected chi connectivity index (χ3v) is 2.98. The lowest BCUT2D eigenvalue weighted by molar-refractivity contribution is 0.176. The van der Waals surface area contributed by atoms with Crippen molar-refractivity contribution < 1.29 is 4.74 Å². The van der Waals surface area contributed by atoms with Crippen LogP contribution in [0.3, 0.4) is 0 Å². The molecule has 1 aliphatic heterocycles. The normalized spacial score (nSPS) is 24.6. The van der Waals surface area contributed by atoms with E-state index >= 15 is 0 Å². The number of H-pyrrole nitrogens is 1. The fourth-order valence-corrected chi connectivity index (χ4v) is 1.98. The van der Waals surface area contributed by atoms with Gasteiger partial charge in [0.25, 0.3) is 11.3 Å². The Morgan fingerprint density at radius 3 is 3.12 bits per heavy atom. The van der Waals surface area contributed by atoms with Crippen LogP contribution in [0, 0.1) is 6.92 Å². The average molecular weight is 235 g/mol. The average Bonchev–Trinajstić information content (AvgIpc) is 2.84. The molecule has 2 aromatic heterocycles. The molecule has 7 nitrogen and oxygen atoms in total. The van der Waals surface area contributed by atoms with Gasteiger partial charge in [0.2, 0.25) is 0 Å². The number of nitrogens with two attached hydrogens (primary N) is 1. The van der Waals surface area contributed by atoms with Crippen LogP contribution in [0.25, 0.3) is 5.78 Å². The van der Waals surface area contributed by atoms with E-state index in [0.717, 1.165) is 0 Å². The Morgan fingerprint density at radius 1 is 1.59 bits per heavy atom. The van der Waals surface area contributed by atoms with E-state index in [1.54, 1.807) is 6.92 Å². The maximum Gasteiger partial charge on any atom is 0.274 e. The van der Waals surface area contributed by atoms with Crippen molar-refractivity contribution in [3.63, 3.8) is 0 Å². The van der Waals surface area contributed by atoms with Crippen molar-refractivity contribution in [2.24, 2.45) is 5.73 Å². The molecular formula is C10H13N5O2. The molecule has 3 N–H and O–H groups in total. The van der Waals surface area contributed by atoms with Gasteiger partial charge in [0, 0.05) is 18.4 Å². The van der Waals surface area contributed by atoms with Crippen LogP contribution in [0.15, 0.2) is 10.9 Å². The lowest BCUT2D eigenvalue weighted by Gasteiger charge is -2.17. The van der Waals surface area contributed by atoms with Gasteiger partial charge in [0.05, 0.1) is 6.61 Å². The number of aryl methyl sites for hydroxylation is 1. The lowest BCUT2D eigenvalue weighted by Crippen LogP contribution is -2.38. The maximum atomic E-state index is 11.7. The molecule has 1 unspecified atom stereocenters. The molecule has 0 spiro atoms. The minimum Gasteiger partial charge on any atom is -0.379 e. The third kappa shape index (κ3) is 1.55. The van der Waals surface area contributed by atoms with Crippen LogP contribution in [0.2, 0.25) is 0 Å². The zero-order valence-electron chi connectivity index (χ0n) is 9.43. The van der Waals surface area contributed by atoms with E-state index in [1.807, 2.05) is 0 Å². The van der Waals surface area contributed by atoms with Crippen LogP contribution in [0.4, 0.5) is 0 Å². The number of nitrogens with one attached hydrogen (secondary N) is 1. The number of aromatic amines is 1. The van der Waals surface area contributed by atoms with Crippen molar-refractivity contribution in [1.29, 1.82) is 0 Å². The van der Waals surface area contributed by atoms with Crippen molar-refractivity contribution >= 4 is 5.78 Å². The van der Waals surface area contributed by atoms with Gasteiger partial charge in [-0.15, -0.1) is 0 Å². The van der Waals surface area contributed by atoms with Gasteiger partial charge in [-0.3, -0.25) is 9.89 Å². The molecule has 17 heavy (non-hydrogen) atoms. The van der Waals surface area contributed by atoms with E-state index in [-0.39, 0.29) is 5.56 Å². The number of ether oxygens (including phenoxy) is 1. The van der Waals surface area contributed by atoms with Gasteiger partial charge in [-0.05, 0) is 13.3 Å². The first-order valence-corrected chi connectivity index (χ1v) is 5.42. The second kappa shape index (κ2) is 3.38. The van der Waals surface area contributed by atoms with Crippen molar-refractivity contribution in [3.05, 3.63) is 27.9 Å². The number of fused-ring (bicyclic) bond motifs is 1. The van der Waals surface area contributed by atoms with Gasteiger partial charge >= 0.3 is 0 Å². The first-order chi connectivity index (χ1) is 8.08. The summed E-state index contributed by atoms with van der Waals surface area (Å²) in [5.74, 6) is 0.895. The zero-order valence-corrected chi connectivity index (χ0v) is 9.43. The van der Waals surface area contributed by atoms with Gasteiger partial charge in [-0.2, -0.15) is 9.50 Å². The van der Waals surface area contributed by atoms with Crippen LogP contribution in [-0.2, 0) is 10.3 Å². The molecule has 3 rings (SSSR count). The van der Waals surface area contributed by atoms with Crippen LogP contribution in [-0.4, -0.2) is 32.8 Å². The quantitative estimate of drug-likeness (QED) is 0.681. The molecule has 0 aliphatic carbocycles. The van der Waals surface area contributed by atoms with Gasteiger partial charge < -0.3 is 10.5 Å². The van der Waals surface area contributed by atoms with Crippen molar-refractivity contribution in [1.82, 2.24) is 19.6 Å². The molecule has 2 aromatic rings. The van der Waals surface area contributed by atoms with Gasteiger partial charge in [-0.25, -0.2) is 4.98 Å². The van der Waals surface area contributed by atoms with Crippen LogP contribution >= 0.6 is 0 Å². The third-order valence-electron chi connectivity index (χ3n) is 2.98. The summed E-state index contributed by atoms with van der Waals surface area (Å²) in [6.07, 6.45) is 0.681. The maximum absolute atomic E-state index is 11.7. The topological polar surface area (TPSA) is 98.3 Å². The lowest BCUT2D eigenvalue weighted by atomic mass is 10.00. The highest BCUT2D eigenvalue weighted by Gasteiger charge is 2.36. The van der Waals surface area contributed by atoms with Crippen LogP contribution in [0.5, 0.6) is 0 Å². The Morgan fingerprint density at radius 2 is 2.41 bits per heavy atom. The zero-order chi connectivity index (χ0) is 12.0. The summed E-state index contributed by atoms with van der Waals surface area (Å²) in [7, 11) is 0. The highest BCUT2D eigenvalue weighted by molar-refractivity contribution is 5.29. The van der Waals surface area contributed by atoms with Crippen molar-refractivity contribution in [3.8, 4) is 0 Å². The van der Waals surface area contributed by atoms with E-state index in [4.69, 9.17) is 10.5 Å².